The van der Waals surface area contributed by atoms with E-state index in [-0.39, 0.29) is 6.03 Å². The highest BCUT2D eigenvalue weighted by Gasteiger charge is 2.18. The zero-order chi connectivity index (χ0) is 17.4. The number of rotatable bonds is 7. The Kier molecular flexibility index (Phi) is 6.32. The van der Waals surface area contributed by atoms with E-state index >= 15 is 0 Å². The number of ether oxygens (including phenoxy) is 3. The molecule has 0 bridgehead atoms. The largest absolute Gasteiger partial charge is 0.493 e. The molecule has 0 saturated carbocycles. The van der Waals surface area contributed by atoms with Crippen molar-refractivity contribution in [2.24, 2.45) is 0 Å². The van der Waals surface area contributed by atoms with Gasteiger partial charge in [-0.1, -0.05) is 0 Å². The van der Waals surface area contributed by atoms with Crippen LogP contribution in [0.1, 0.15) is 0 Å². The van der Waals surface area contributed by atoms with Crippen LogP contribution in [0.15, 0.2) is 36.8 Å². The van der Waals surface area contributed by atoms with Gasteiger partial charge in [-0.15, -0.1) is 0 Å². The van der Waals surface area contributed by atoms with Crippen LogP contribution in [0.4, 0.5) is 16.3 Å². The number of amides is 2. The lowest BCUT2D eigenvalue weighted by atomic mass is 10.2. The minimum Gasteiger partial charge on any atom is -0.493 e. The van der Waals surface area contributed by atoms with Crippen molar-refractivity contribution in [1.82, 2.24) is 9.97 Å². The van der Waals surface area contributed by atoms with Gasteiger partial charge < -0.3 is 14.2 Å². The normalized spacial score (nSPS) is 10.1. The lowest BCUT2D eigenvalue weighted by Gasteiger charge is -2.23. The van der Waals surface area contributed by atoms with Crippen molar-refractivity contribution in [2.45, 2.75) is 0 Å². The van der Waals surface area contributed by atoms with E-state index in [1.165, 1.54) is 11.2 Å². The molecular weight excluding hydrogens is 312 g/mol. The minimum absolute atomic E-state index is 0.335. The number of nitrogens with zero attached hydrogens (tertiary/aromatic N) is 3. The highest BCUT2D eigenvalue weighted by molar-refractivity contribution is 6.01. The van der Waals surface area contributed by atoms with Crippen LogP contribution in [0.3, 0.4) is 0 Å². The lowest BCUT2D eigenvalue weighted by molar-refractivity contribution is 0.204. The molecule has 0 atom stereocenters. The number of anilines is 2. The first-order chi connectivity index (χ1) is 11.7. The summed E-state index contributed by atoms with van der Waals surface area (Å²) in [5.41, 5.74) is 0.649. The van der Waals surface area contributed by atoms with Crippen LogP contribution in [0.25, 0.3) is 0 Å². The van der Waals surface area contributed by atoms with Crippen molar-refractivity contribution in [2.75, 3.05) is 44.7 Å². The first-order valence-corrected chi connectivity index (χ1v) is 7.25. The summed E-state index contributed by atoms with van der Waals surface area (Å²) in [6, 6.07) is 6.52. The molecule has 0 fully saturated rings. The van der Waals surface area contributed by atoms with Gasteiger partial charge in [-0.25, -0.2) is 14.8 Å². The van der Waals surface area contributed by atoms with Crippen LogP contribution < -0.4 is 19.7 Å². The number of carbonyl (C=O) groups is 1. The Morgan fingerprint density at radius 1 is 1.17 bits per heavy atom. The minimum atomic E-state index is -0.335. The quantitative estimate of drug-likeness (QED) is 0.836. The number of hydrogen-bond donors (Lipinski definition) is 1. The topological polar surface area (TPSA) is 85.8 Å². The fraction of sp³-hybridized carbons (Fsp3) is 0.312. The fourth-order valence-electron chi connectivity index (χ4n) is 2.06. The van der Waals surface area contributed by atoms with Crippen LogP contribution in [0.2, 0.25) is 0 Å². The predicted octanol–water partition coefficient (Wildman–Crippen LogP) is 2.18. The van der Waals surface area contributed by atoms with Crippen molar-refractivity contribution >= 4 is 17.5 Å². The molecule has 1 N–H and O–H groups in total. The Morgan fingerprint density at radius 3 is 2.58 bits per heavy atom. The summed E-state index contributed by atoms with van der Waals surface area (Å²) < 4.78 is 15.6. The molecule has 8 heteroatoms. The Labute approximate surface area is 140 Å². The molecule has 0 aliphatic rings. The average molecular weight is 332 g/mol. The first-order valence-electron chi connectivity index (χ1n) is 7.25. The Bertz CT molecular complexity index is 666. The van der Waals surface area contributed by atoms with E-state index in [4.69, 9.17) is 14.2 Å². The van der Waals surface area contributed by atoms with Crippen molar-refractivity contribution in [1.29, 1.82) is 0 Å². The van der Waals surface area contributed by atoms with Gasteiger partial charge in [0.25, 0.3) is 0 Å². The monoisotopic (exact) mass is 332 g/mol. The highest BCUT2D eigenvalue weighted by Crippen LogP contribution is 2.31. The number of urea groups is 1. The molecular formula is C16H20N4O4. The maximum Gasteiger partial charge on any atom is 0.327 e. The van der Waals surface area contributed by atoms with E-state index in [2.05, 4.69) is 15.3 Å². The second kappa shape index (κ2) is 8.68. The van der Waals surface area contributed by atoms with Crippen LogP contribution >= 0.6 is 0 Å². The molecule has 2 rings (SSSR count). The molecule has 1 aromatic heterocycles. The summed E-state index contributed by atoms with van der Waals surface area (Å²) in [5.74, 6) is 1.54. The smallest absolute Gasteiger partial charge is 0.327 e. The van der Waals surface area contributed by atoms with E-state index in [9.17, 15) is 4.79 Å². The maximum absolute atomic E-state index is 12.6. The predicted molar refractivity (Wildman–Crippen MR) is 89.8 cm³/mol. The summed E-state index contributed by atoms with van der Waals surface area (Å²) in [7, 11) is 4.68. The van der Waals surface area contributed by atoms with E-state index in [0.717, 1.165) is 0 Å². The third-order valence-electron chi connectivity index (χ3n) is 3.26. The van der Waals surface area contributed by atoms with Gasteiger partial charge in [0.15, 0.2) is 11.5 Å². The zero-order valence-electron chi connectivity index (χ0n) is 13.9. The lowest BCUT2D eigenvalue weighted by Crippen LogP contribution is -2.37. The van der Waals surface area contributed by atoms with E-state index in [1.807, 2.05) is 0 Å². The molecule has 0 saturated heterocycles. The molecule has 0 aliphatic carbocycles. The molecule has 0 spiro atoms. The Balaban J connectivity index is 2.25. The molecule has 24 heavy (non-hydrogen) atoms. The molecule has 2 amide bonds. The van der Waals surface area contributed by atoms with Gasteiger partial charge >= 0.3 is 6.03 Å². The van der Waals surface area contributed by atoms with Gasteiger partial charge in [-0.05, 0) is 18.2 Å². The molecule has 0 unspecified atom stereocenters. The molecule has 0 aliphatic heterocycles. The van der Waals surface area contributed by atoms with Crippen LogP contribution in [0, 0.1) is 0 Å². The fourth-order valence-corrected chi connectivity index (χ4v) is 2.06. The summed E-state index contributed by atoms with van der Waals surface area (Å²) in [6.07, 6.45) is 2.92. The van der Waals surface area contributed by atoms with Crippen molar-refractivity contribution in [3.05, 3.63) is 36.8 Å². The second-order valence-corrected chi connectivity index (χ2v) is 4.71. The Morgan fingerprint density at radius 2 is 1.96 bits per heavy atom. The van der Waals surface area contributed by atoms with Gasteiger partial charge in [0.05, 0.1) is 27.4 Å². The Hall–Kier alpha value is -2.87. The third-order valence-corrected chi connectivity index (χ3v) is 3.26. The summed E-state index contributed by atoms with van der Waals surface area (Å²) in [6.45, 7) is 0.744. The highest BCUT2D eigenvalue weighted by atomic mass is 16.5. The van der Waals surface area contributed by atoms with E-state index in [1.54, 1.807) is 51.8 Å². The summed E-state index contributed by atoms with van der Waals surface area (Å²) >= 11 is 0. The zero-order valence-corrected chi connectivity index (χ0v) is 13.9. The number of nitrogens with one attached hydrogen (secondary N) is 1. The van der Waals surface area contributed by atoms with Crippen molar-refractivity contribution in [3.8, 4) is 11.5 Å². The van der Waals surface area contributed by atoms with Gasteiger partial charge in [0.1, 0.15) is 12.1 Å². The van der Waals surface area contributed by atoms with Crippen LogP contribution in [-0.4, -0.2) is 50.5 Å². The molecule has 0 radical (unpaired) electrons. The molecule has 128 valence electrons. The molecule has 1 heterocycles. The van der Waals surface area contributed by atoms with Gasteiger partial charge in [-0.2, -0.15) is 0 Å². The van der Waals surface area contributed by atoms with E-state index < -0.39 is 0 Å². The van der Waals surface area contributed by atoms with Crippen LogP contribution in [0.5, 0.6) is 11.5 Å². The first kappa shape index (κ1) is 17.5. The van der Waals surface area contributed by atoms with Crippen molar-refractivity contribution in [3.63, 3.8) is 0 Å². The number of aromatic nitrogens is 2. The number of methoxy groups -OCH3 is 3. The number of benzene rings is 1. The number of carbonyl (C=O) groups excluding carboxylic acids is 1. The van der Waals surface area contributed by atoms with E-state index in [0.29, 0.717) is 36.2 Å². The van der Waals surface area contributed by atoms with Crippen molar-refractivity contribution < 1.29 is 19.0 Å². The molecule has 8 nitrogen and oxygen atoms in total. The SMILES string of the molecule is COCCN(C(=O)Nc1ccncn1)c1ccc(OC)c(OC)c1. The summed E-state index contributed by atoms with van der Waals surface area (Å²) in [4.78, 5) is 21.9. The third kappa shape index (κ3) is 4.32. The molecule has 2 aromatic rings. The van der Waals surface area contributed by atoms with Gasteiger partial charge in [-0.3, -0.25) is 10.2 Å². The standard InChI is InChI=1S/C16H20N4O4/c1-22-9-8-20(16(21)19-15-6-7-17-11-18-15)12-4-5-13(23-2)14(10-12)24-3/h4-7,10-11H,8-9H2,1-3H3,(H,17,18,19,21). The van der Waals surface area contributed by atoms with Crippen LogP contribution in [-0.2, 0) is 4.74 Å². The van der Waals surface area contributed by atoms with Gasteiger partial charge in [0.2, 0.25) is 0 Å². The average Bonchev–Trinajstić information content (AvgIpc) is 2.62. The van der Waals surface area contributed by atoms with Gasteiger partial charge in [0, 0.05) is 25.1 Å². The summed E-state index contributed by atoms with van der Waals surface area (Å²) in [5, 5.41) is 2.72. The number of hydrogen-bond acceptors (Lipinski definition) is 6. The maximum atomic E-state index is 12.6. The molecule has 1 aromatic carbocycles. The second-order valence-electron chi connectivity index (χ2n) is 4.71.